The second-order valence-electron chi connectivity index (χ2n) is 8.04. The van der Waals surface area contributed by atoms with E-state index < -0.39 is 41.8 Å². The van der Waals surface area contributed by atoms with Crippen LogP contribution in [-0.2, 0) is 19.1 Å². The van der Waals surface area contributed by atoms with E-state index in [1.54, 1.807) is 20.8 Å². The molecule has 0 aromatic carbocycles. The predicted molar refractivity (Wildman–Crippen MR) is 105 cm³/mol. The Labute approximate surface area is 167 Å². The summed E-state index contributed by atoms with van der Waals surface area (Å²) in [5.41, 5.74) is -0.694. The second-order valence-corrected chi connectivity index (χ2v) is 8.04. The molecule has 3 atom stereocenters. The number of nitrogens with zero attached hydrogens (tertiary/aromatic N) is 1. The Hall–Kier alpha value is -2.09. The molecule has 8 heteroatoms. The number of carbonyl (C=O) groups is 3. The number of aliphatic hydroxyl groups excluding tert-OH is 1. The lowest BCUT2D eigenvalue weighted by Gasteiger charge is -2.28. The SMILES string of the molecule is C=CCCCCC[C@H](NC(=O)OC(C)(C)C)C(=O)N1C[C@@H](O)CC1C(=O)OC. The summed E-state index contributed by atoms with van der Waals surface area (Å²) in [6.45, 7) is 8.93. The second kappa shape index (κ2) is 11.0. The van der Waals surface area contributed by atoms with Crippen LogP contribution in [0.2, 0.25) is 0 Å². The Morgan fingerprint density at radius 2 is 1.96 bits per heavy atom. The van der Waals surface area contributed by atoms with E-state index in [4.69, 9.17) is 9.47 Å². The molecular weight excluding hydrogens is 364 g/mol. The quantitative estimate of drug-likeness (QED) is 0.350. The number of methoxy groups -OCH3 is 1. The van der Waals surface area contributed by atoms with Gasteiger partial charge in [-0.2, -0.15) is 0 Å². The normalized spacial score (nSPS) is 20.4. The van der Waals surface area contributed by atoms with Crippen LogP contribution < -0.4 is 5.32 Å². The Bertz CT molecular complexity index is 557. The molecule has 2 amide bonds. The number of allylic oxidation sites excluding steroid dienone is 1. The number of hydrogen-bond donors (Lipinski definition) is 2. The smallest absolute Gasteiger partial charge is 0.408 e. The zero-order valence-corrected chi connectivity index (χ0v) is 17.4. The molecule has 0 radical (unpaired) electrons. The number of unbranched alkanes of at least 4 members (excludes halogenated alkanes) is 3. The van der Waals surface area contributed by atoms with Gasteiger partial charge in [-0.25, -0.2) is 9.59 Å². The zero-order chi connectivity index (χ0) is 21.3. The maximum atomic E-state index is 13.1. The number of rotatable bonds is 9. The molecule has 0 aromatic rings. The third-order valence-electron chi connectivity index (χ3n) is 4.43. The lowest BCUT2D eigenvalue weighted by Crippen LogP contribution is -2.52. The van der Waals surface area contributed by atoms with Crippen molar-refractivity contribution in [2.75, 3.05) is 13.7 Å². The van der Waals surface area contributed by atoms with Gasteiger partial charge >= 0.3 is 12.1 Å². The van der Waals surface area contributed by atoms with E-state index in [0.717, 1.165) is 25.7 Å². The van der Waals surface area contributed by atoms with E-state index in [0.29, 0.717) is 6.42 Å². The summed E-state index contributed by atoms with van der Waals surface area (Å²) >= 11 is 0. The Morgan fingerprint density at radius 3 is 2.54 bits per heavy atom. The van der Waals surface area contributed by atoms with Crippen molar-refractivity contribution in [2.24, 2.45) is 0 Å². The fraction of sp³-hybridized carbons (Fsp3) is 0.750. The number of carbonyl (C=O) groups excluding carboxylic acids is 3. The standard InChI is InChI=1S/C20H34N2O6/c1-6-7-8-9-10-11-15(21-19(26)28-20(2,3)4)17(24)22-13-14(23)12-16(22)18(25)27-5/h6,14-16,23H,1,7-13H2,2-5H3,(H,21,26)/t14-,15-,16?/m0/s1. The third-order valence-corrected chi connectivity index (χ3v) is 4.43. The van der Waals surface area contributed by atoms with Crippen molar-refractivity contribution >= 4 is 18.0 Å². The van der Waals surface area contributed by atoms with E-state index in [2.05, 4.69) is 11.9 Å². The van der Waals surface area contributed by atoms with Gasteiger partial charge < -0.3 is 24.8 Å². The van der Waals surface area contributed by atoms with Crippen molar-refractivity contribution in [2.45, 2.75) is 83.1 Å². The molecule has 8 nitrogen and oxygen atoms in total. The van der Waals surface area contributed by atoms with Crippen LogP contribution in [-0.4, -0.2) is 65.4 Å². The molecule has 0 bridgehead atoms. The van der Waals surface area contributed by atoms with Crippen LogP contribution in [0.4, 0.5) is 4.79 Å². The summed E-state index contributed by atoms with van der Waals surface area (Å²) in [6, 6.07) is -1.69. The minimum Gasteiger partial charge on any atom is -0.467 e. The van der Waals surface area contributed by atoms with Gasteiger partial charge in [0, 0.05) is 13.0 Å². The number of alkyl carbamates (subject to hydrolysis) is 1. The van der Waals surface area contributed by atoms with E-state index in [9.17, 15) is 19.5 Å². The Morgan fingerprint density at radius 1 is 1.29 bits per heavy atom. The Kier molecular flexibility index (Phi) is 9.45. The van der Waals surface area contributed by atoms with E-state index in [1.807, 2.05) is 6.08 Å². The summed E-state index contributed by atoms with van der Waals surface area (Å²) in [4.78, 5) is 38.5. The molecule has 0 saturated carbocycles. The average molecular weight is 399 g/mol. The van der Waals surface area contributed by atoms with Gasteiger partial charge in [0.2, 0.25) is 5.91 Å². The van der Waals surface area contributed by atoms with Crippen molar-refractivity contribution in [3.05, 3.63) is 12.7 Å². The lowest BCUT2D eigenvalue weighted by atomic mass is 10.1. The molecule has 160 valence electrons. The number of esters is 1. The summed E-state index contributed by atoms with van der Waals surface area (Å²) in [5.74, 6) is -0.992. The van der Waals surface area contributed by atoms with Gasteiger partial charge in [0.25, 0.3) is 0 Å². The molecule has 0 spiro atoms. The molecule has 1 aliphatic rings. The van der Waals surface area contributed by atoms with Crippen molar-refractivity contribution in [1.29, 1.82) is 0 Å². The molecule has 1 unspecified atom stereocenters. The molecule has 1 heterocycles. The molecular formula is C20H34N2O6. The maximum absolute atomic E-state index is 13.1. The van der Waals surface area contributed by atoms with Crippen LogP contribution in [0.25, 0.3) is 0 Å². The van der Waals surface area contributed by atoms with Gasteiger partial charge in [-0.05, 0) is 40.0 Å². The highest BCUT2D eigenvalue weighted by Gasteiger charge is 2.42. The first-order valence-corrected chi connectivity index (χ1v) is 9.75. The lowest BCUT2D eigenvalue weighted by molar-refractivity contribution is -0.151. The largest absolute Gasteiger partial charge is 0.467 e. The fourth-order valence-electron chi connectivity index (χ4n) is 3.14. The van der Waals surface area contributed by atoms with E-state index in [1.165, 1.54) is 12.0 Å². The van der Waals surface area contributed by atoms with E-state index >= 15 is 0 Å². The molecule has 0 aromatic heterocycles. The number of ether oxygens (including phenoxy) is 2. The molecule has 28 heavy (non-hydrogen) atoms. The van der Waals surface area contributed by atoms with Crippen LogP contribution in [0.15, 0.2) is 12.7 Å². The topological polar surface area (TPSA) is 105 Å². The van der Waals surface area contributed by atoms with Gasteiger partial charge in [-0.15, -0.1) is 6.58 Å². The van der Waals surface area contributed by atoms with Crippen LogP contribution in [0.5, 0.6) is 0 Å². The number of amides is 2. The molecule has 1 aliphatic heterocycles. The van der Waals surface area contributed by atoms with Crippen LogP contribution in [0.3, 0.4) is 0 Å². The summed E-state index contributed by atoms with van der Waals surface area (Å²) < 4.78 is 10.0. The van der Waals surface area contributed by atoms with Gasteiger partial charge in [0.05, 0.1) is 13.2 Å². The third kappa shape index (κ3) is 7.88. The van der Waals surface area contributed by atoms with Crippen LogP contribution >= 0.6 is 0 Å². The highest BCUT2D eigenvalue weighted by molar-refractivity contribution is 5.90. The minimum absolute atomic E-state index is 0.0293. The molecule has 1 fully saturated rings. The van der Waals surface area contributed by atoms with Gasteiger partial charge in [-0.3, -0.25) is 4.79 Å². The number of aliphatic hydroxyl groups is 1. The first-order valence-electron chi connectivity index (χ1n) is 9.75. The highest BCUT2D eigenvalue weighted by atomic mass is 16.6. The summed E-state index contributed by atoms with van der Waals surface area (Å²) in [6.07, 6.45) is 4.33. The molecule has 2 N–H and O–H groups in total. The number of β-amino-alcohol motifs (C(OH)–C–C–N with tert-alkyl or cyclic N) is 1. The number of nitrogens with one attached hydrogen (secondary N) is 1. The van der Waals surface area contributed by atoms with Crippen molar-refractivity contribution in [3.63, 3.8) is 0 Å². The van der Waals surface area contributed by atoms with Gasteiger partial charge in [-0.1, -0.05) is 18.9 Å². The predicted octanol–water partition coefficient (Wildman–Crippen LogP) is 2.15. The summed E-state index contributed by atoms with van der Waals surface area (Å²) in [7, 11) is 1.24. The first kappa shape index (κ1) is 23.9. The van der Waals surface area contributed by atoms with Crippen molar-refractivity contribution in [1.82, 2.24) is 10.2 Å². The van der Waals surface area contributed by atoms with Crippen LogP contribution in [0.1, 0.15) is 59.3 Å². The number of hydrogen-bond acceptors (Lipinski definition) is 6. The maximum Gasteiger partial charge on any atom is 0.408 e. The summed E-state index contributed by atoms with van der Waals surface area (Å²) in [5, 5.41) is 12.6. The highest BCUT2D eigenvalue weighted by Crippen LogP contribution is 2.22. The van der Waals surface area contributed by atoms with E-state index in [-0.39, 0.29) is 13.0 Å². The van der Waals surface area contributed by atoms with Crippen molar-refractivity contribution < 1.29 is 29.0 Å². The molecule has 0 aliphatic carbocycles. The molecule has 1 rings (SSSR count). The minimum atomic E-state index is -0.851. The number of likely N-dealkylation sites (tertiary alicyclic amines) is 1. The first-order chi connectivity index (χ1) is 13.1. The van der Waals surface area contributed by atoms with Gasteiger partial charge in [0.1, 0.15) is 17.7 Å². The molecule has 1 saturated heterocycles. The van der Waals surface area contributed by atoms with Gasteiger partial charge in [0.15, 0.2) is 0 Å². The van der Waals surface area contributed by atoms with Crippen molar-refractivity contribution in [3.8, 4) is 0 Å². The Balaban J connectivity index is 2.85. The monoisotopic (exact) mass is 398 g/mol. The zero-order valence-electron chi connectivity index (χ0n) is 17.4. The average Bonchev–Trinajstić information content (AvgIpc) is 2.99. The van der Waals surface area contributed by atoms with Crippen LogP contribution in [0, 0.1) is 0 Å². The fourth-order valence-corrected chi connectivity index (χ4v) is 3.14.